The number of carbonyl (C=O) groups is 1. The molecule has 1 aliphatic rings. The van der Waals surface area contributed by atoms with E-state index in [9.17, 15) is 4.79 Å². The fourth-order valence-electron chi connectivity index (χ4n) is 3.99. The maximum Gasteiger partial charge on any atom is 0.258 e. The van der Waals surface area contributed by atoms with Gasteiger partial charge in [0.15, 0.2) is 0 Å². The zero-order chi connectivity index (χ0) is 22.8. The molecule has 33 heavy (non-hydrogen) atoms. The van der Waals surface area contributed by atoms with Gasteiger partial charge in [0.25, 0.3) is 5.91 Å². The number of hydrogen-bond acceptors (Lipinski definition) is 6. The predicted octanol–water partition coefficient (Wildman–Crippen LogP) is 3.76. The lowest BCUT2D eigenvalue weighted by molar-refractivity contribution is 0.102. The average molecular weight is 443 g/mol. The maximum absolute atomic E-state index is 12.7. The molecule has 2 aromatic heterocycles. The fourth-order valence-corrected chi connectivity index (χ4v) is 3.99. The van der Waals surface area contributed by atoms with Crippen molar-refractivity contribution >= 4 is 22.8 Å². The molecule has 0 atom stereocenters. The summed E-state index contributed by atoms with van der Waals surface area (Å²) in [6.45, 7) is 2.08. The number of likely N-dealkylation sites (tertiary alicyclic amines) is 1. The molecule has 168 valence electrons. The molecule has 1 amide bonds. The Bertz CT molecular complexity index is 1280. The summed E-state index contributed by atoms with van der Waals surface area (Å²) < 4.78 is 7.82. The molecule has 1 fully saturated rings. The lowest BCUT2D eigenvalue weighted by atomic mass is 10.1. The van der Waals surface area contributed by atoms with Crippen LogP contribution in [0.5, 0.6) is 5.75 Å². The molecular weight excluding hydrogens is 416 g/mol. The molecule has 3 heterocycles. The Morgan fingerprint density at radius 1 is 1.03 bits per heavy atom. The van der Waals surface area contributed by atoms with Crippen molar-refractivity contribution in [3.63, 3.8) is 0 Å². The van der Waals surface area contributed by atoms with Crippen molar-refractivity contribution < 1.29 is 9.53 Å². The summed E-state index contributed by atoms with van der Waals surface area (Å²) in [6, 6.07) is 13.2. The van der Waals surface area contributed by atoms with E-state index in [1.807, 2.05) is 49.8 Å². The van der Waals surface area contributed by atoms with E-state index in [0.29, 0.717) is 5.56 Å². The van der Waals surface area contributed by atoms with Crippen LogP contribution in [-0.4, -0.2) is 56.8 Å². The number of aromatic nitrogens is 4. The van der Waals surface area contributed by atoms with Gasteiger partial charge in [-0.05, 0) is 55.8 Å². The van der Waals surface area contributed by atoms with Crippen LogP contribution in [0, 0.1) is 0 Å². The number of piperidine rings is 1. The van der Waals surface area contributed by atoms with Crippen molar-refractivity contribution in [1.29, 1.82) is 0 Å². The molecule has 5 rings (SSSR count). The highest BCUT2D eigenvalue weighted by Gasteiger charge is 2.18. The van der Waals surface area contributed by atoms with Crippen LogP contribution >= 0.6 is 0 Å². The van der Waals surface area contributed by atoms with Gasteiger partial charge < -0.3 is 9.64 Å². The van der Waals surface area contributed by atoms with E-state index in [-0.39, 0.29) is 18.0 Å². The largest absolute Gasteiger partial charge is 0.490 e. The topological polar surface area (TPSA) is 85.2 Å². The smallest absolute Gasteiger partial charge is 0.258 e. The number of rotatable bonds is 5. The van der Waals surface area contributed by atoms with Crippen LogP contribution in [0.15, 0.2) is 61.1 Å². The van der Waals surface area contributed by atoms with E-state index in [0.717, 1.165) is 53.7 Å². The maximum atomic E-state index is 12.7. The normalized spacial score (nSPS) is 15.0. The second-order valence-electron chi connectivity index (χ2n) is 8.47. The Balaban J connectivity index is 1.27. The first-order chi connectivity index (χ1) is 16.0. The molecule has 0 unspecified atom stereocenters. The second-order valence-corrected chi connectivity index (χ2v) is 8.47. The minimum Gasteiger partial charge on any atom is -0.490 e. The standard InChI is InChI=1S/C25H26N6O2/c1-30-11-9-22(10-12-30)33-21-7-5-17(6-8-21)24(32)29-25-26-14-19-4-3-18(13-23(19)28-25)20-15-27-31(2)16-20/h3-8,13-16,22H,9-12H2,1-2H3,(H,26,28,29,32). The summed E-state index contributed by atoms with van der Waals surface area (Å²) in [7, 11) is 4.01. The predicted molar refractivity (Wildman–Crippen MR) is 127 cm³/mol. The van der Waals surface area contributed by atoms with Crippen LogP contribution in [0.2, 0.25) is 0 Å². The third-order valence-electron chi connectivity index (χ3n) is 5.93. The van der Waals surface area contributed by atoms with Crippen molar-refractivity contribution in [2.75, 3.05) is 25.5 Å². The van der Waals surface area contributed by atoms with E-state index in [2.05, 4.69) is 32.3 Å². The Morgan fingerprint density at radius 3 is 2.55 bits per heavy atom. The van der Waals surface area contributed by atoms with Gasteiger partial charge >= 0.3 is 0 Å². The average Bonchev–Trinajstić information content (AvgIpc) is 3.27. The monoisotopic (exact) mass is 442 g/mol. The van der Waals surface area contributed by atoms with Gasteiger partial charge in [-0.25, -0.2) is 9.97 Å². The Labute approximate surface area is 192 Å². The van der Waals surface area contributed by atoms with E-state index in [1.165, 1.54) is 0 Å². The Kier molecular flexibility index (Phi) is 5.75. The molecule has 0 spiro atoms. The zero-order valence-electron chi connectivity index (χ0n) is 18.7. The zero-order valence-corrected chi connectivity index (χ0v) is 18.7. The Morgan fingerprint density at radius 2 is 1.82 bits per heavy atom. The lowest BCUT2D eigenvalue weighted by Gasteiger charge is -2.29. The summed E-state index contributed by atoms with van der Waals surface area (Å²) >= 11 is 0. The van der Waals surface area contributed by atoms with Crippen molar-refractivity contribution in [2.24, 2.45) is 7.05 Å². The molecule has 0 saturated carbocycles. The van der Waals surface area contributed by atoms with Crippen molar-refractivity contribution in [1.82, 2.24) is 24.6 Å². The molecule has 4 aromatic rings. The van der Waals surface area contributed by atoms with Gasteiger partial charge in [0.1, 0.15) is 11.9 Å². The molecule has 1 aliphatic heterocycles. The van der Waals surface area contributed by atoms with Gasteiger partial charge in [-0.2, -0.15) is 5.10 Å². The van der Waals surface area contributed by atoms with Gasteiger partial charge in [-0.15, -0.1) is 0 Å². The van der Waals surface area contributed by atoms with Gasteiger partial charge in [0.05, 0.1) is 11.7 Å². The van der Waals surface area contributed by atoms with Crippen LogP contribution in [0.4, 0.5) is 5.95 Å². The minimum atomic E-state index is -0.261. The highest BCUT2D eigenvalue weighted by Crippen LogP contribution is 2.24. The summed E-state index contributed by atoms with van der Waals surface area (Å²) in [4.78, 5) is 23.9. The summed E-state index contributed by atoms with van der Waals surface area (Å²) in [5.41, 5.74) is 3.29. The first-order valence-electron chi connectivity index (χ1n) is 11.1. The lowest BCUT2D eigenvalue weighted by Crippen LogP contribution is -2.35. The van der Waals surface area contributed by atoms with Crippen LogP contribution in [0.1, 0.15) is 23.2 Å². The van der Waals surface area contributed by atoms with Crippen LogP contribution in [0.3, 0.4) is 0 Å². The van der Waals surface area contributed by atoms with Crippen LogP contribution in [-0.2, 0) is 7.05 Å². The number of fused-ring (bicyclic) bond motifs is 1. The number of aryl methyl sites for hydroxylation is 1. The molecule has 0 aliphatic carbocycles. The quantitative estimate of drug-likeness (QED) is 0.507. The highest BCUT2D eigenvalue weighted by atomic mass is 16.5. The molecule has 8 nitrogen and oxygen atoms in total. The van der Waals surface area contributed by atoms with Crippen molar-refractivity contribution in [2.45, 2.75) is 18.9 Å². The first-order valence-corrected chi connectivity index (χ1v) is 11.1. The van der Waals surface area contributed by atoms with Crippen LogP contribution in [0.25, 0.3) is 22.0 Å². The van der Waals surface area contributed by atoms with E-state index >= 15 is 0 Å². The Hall–Kier alpha value is -3.78. The number of carbonyl (C=O) groups excluding carboxylic acids is 1. The molecular formula is C25H26N6O2. The summed E-state index contributed by atoms with van der Waals surface area (Å²) in [5, 5.41) is 7.92. The van der Waals surface area contributed by atoms with E-state index in [1.54, 1.807) is 23.0 Å². The molecule has 8 heteroatoms. The number of anilines is 1. The van der Waals surface area contributed by atoms with E-state index < -0.39 is 0 Å². The van der Waals surface area contributed by atoms with Crippen molar-refractivity contribution in [3.05, 3.63) is 66.6 Å². The first kappa shape index (κ1) is 21.1. The molecule has 1 saturated heterocycles. The van der Waals surface area contributed by atoms with Crippen LogP contribution < -0.4 is 10.1 Å². The third-order valence-corrected chi connectivity index (χ3v) is 5.93. The summed E-state index contributed by atoms with van der Waals surface area (Å²) in [5.74, 6) is 0.789. The third kappa shape index (κ3) is 4.85. The molecule has 0 bridgehead atoms. The van der Waals surface area contributed by atoms with Gasteiger partial charge in [-0.3, -0.25) is 14.8 Å². The molecule has 2 aromatic carbocycles. The van der Waals surface area contributed by atoms with Gasteiger partial charge in [0.2, 0.25) is 5.95 Å². The number of benzene rings is 2. The van der Waals surface area contributed by atoms with Gasteiger partial charge in [-0.1, -0.05) is 12.1 Å². The number of nitrogens with zero attached hydrogens (tertiary/aromatic N) is 5. The van der Waals surface area contributed by atoms with Gasteiger partial charge in [0, 0.05) is 49.0 Å². The van der Waals surface area contributed by atoms with Crippen molar-refractivity contribution in [3.8, 4) is 16.9 Å². The van der Waals surface area contributed by atoms with E-state index in [4.69, 9.17) is 4.74 Å². The molecule has 0 radical (unpaired) electrons. The fraction of sp³-hybridized carbons (Fsp3) is 0.280. The molecule has 1 N–H and O–H groups in total. The SMILES string of the molecule is CN1CCC(Oc2ccc(C(=O)Nc3ncc4ccc(-c5cnn(C)c5)cc4n3)cc2)CC1. The second kappa shape index (κ2) is 8.99. The highest BCUT2D eigenvalue weighted by molar-refractivity contribution is 6.03. The number of nitrogens with one attached hydrogen (secondary N) is 1. The minimum absolute atomic E-state index is 0.225. The number of ether oxygens (including phenoxy) is 1. The number of amides is 1. The summed E-state index contributed by atoms with van der Waals surface area (Å²) in [6.07, 6.45) is 7.73. The number of hydrogen-bond donors (Lipinski definition) is 1.